The van der Waals surface area contributed by atoms with Gasteiger partial charge >= 0.3 is 6.18 Å². The summed E-state index contributed by atoms with van der Waals surface area (Å²) in [4.78, 5) is 4.00. The summed E-state index contributed by atoms with van der Waals surface area (Å²) < 4.78 is 43.3. The number of hydrogen-bond acceptors (Lipinski definition) is 2. The van der Waals surface area contributed by atoms with Gasteiger partial charge in [-0.05, 0) is 19.3 Å². The number of alkyl halides is 4. The molecular formula is C11H13BrF3NO. The van der Waals surface area contributed by atoms with Crippen LogP contribution in [0.3, 0.4) is 0 Å². The molecule has 17 heavy (non-hydrogen) atoms. The Labute approximate surface area is 106 Å². The fourth-order valence-electron chi connectivity index (χ4n) is 2.44. The van der Waals surface area contributed by atoms with Gasteiger partial charge in [-0.15, -0.1) is 0 Å². The number of halogens is 4. The highest BCUT2D eigenvalue weighted by Gasteiger charge is 2.43. The normalized spacial score (nSPS) is 26.1. The monoisotopic (exact) mass is 311 g/mol. The van der Waals surface area contributed by atoms with Gasteiger partial charge < -0.3 is 4.42 Å². The molecule has 96 valence electrons. The van der Waals surface area contributed by atoms with Gasteiger partial charge in [-0.25, -0.2) is 4.98 Å². The maximum Gasteiger partial charge on any atom is 0.391 e. The van der Waals surface area contributed by atoms with E-state index in [1.807, 2.05) is 0 Å². The SMILES string of the molecule is FC(F)(F)C1CCCC(c2ocnc2CBr)C1. The van der Waals surface area contributed by atoms with Gasteiger partial charge in [-0.1, -0.05) is 22.4 Å². The molecule has 0 N–H and O–H groups in total. The Bertz CT molecular complexity index is 377. The smallest absolute Gasteiger partial charge is 0.391 e. The third-order valence-electron chi connectivity index (χ3n) is 3.31. The Morgan fingerprint density at radius 1 is 1.41 bits per heavy atom. The van der Waals surface area contributed by atoms with Crippen LogP contribution < -0.4 is 0 Å². The summed E-state index contributed by atoms with van der Waals surface area (Å²) >= 11 is 3.26. The molecule has 0 saturated heterocycles. The lowest BCUT2D eigenvalue weighted by Crippen LogP contribution is -2.28. The fraction of sp³-hybridized carbons (Fsp3) is 0.727. The summed E-state index contributed by atoms with van der Waals surface area (Å²) in [5.74, 6) is -0.726. The molecule has 2 unspecified atom stereocenters. The van der Waals surface area contributed by atoms with Gasteiger partial charge in [-0.3, -0.25) is 0 Å². The maximum absolute atomic E-state index is 12.7. The van der Waals surface area contributed by atoms with E-state index in [4.69, 9.17) is 4.42 Å². The lowest BCUT2D eigenvalue weighted by Gasteiger charge is -2.29. The minimum atomic E-state index is -4.09. The van der Waals surface area contributed by atoms with Gasteiger partial charge in [0, 0.05) is 11.2 Å². The molecule has 1 heterocycles. The number of oxazole rings is 1. The van der Waals surface area contributed by atoms with E-state index in [1.54, 1.807) is 0 Å². The van der Waals surface area contributed by atoms with Crippen LogP contribution in [-0.2, 0) is 5.33 Å². The van der Waals surface area contributed by atoms with Crippen molar-refractivity contribution in [2.45, 2.75) is 43.1 Å². The van der Waals surface area contributed by atoms with Gasteiger partial charge in [-0.2, -0.15) is 13.2 Å². The number of nitrogens with zero attached hydrogens (tertiary/aromatic N) is 1. The van der Waals surface area contributed by atoms with Crippen LogP contribution in [0.15, 0.2) is 10.8 Å². The highest BCUT2D eigenvalue weighted by molar-refractivity contribution is 9.08. The van der Waals surface area contributed by atoms with Crippen LogP contribution in [0.25, 0.3) is 0 Å². The van der Waals surface area contributed by atoms with E-state index in [9.17, 15) is 13.2 Å². The average molecular weight is 312 g/mol. The van der Waals surface area contributed by atoms with E-state index in [-0.39, 0.29) is 18.8 Å². The van der Waals surface area contributed by atoms with E-state index in [0.29, 0.717) is 17.5 Å². The molecule has 1 aromatic rings. The highest BCUT2D eigenvalue weighted by Crippen LogP contribution is 2.44. The topological polar surface area (TPSA) is 26.0 Å². The van der Waals surface area contributed by atoms with Crippen molar-refractivity contribution in [3.8, 4) is 0 Å². The average Bonchev–Trinajstić information content (AvgIpc) is 2.76. The molecule has 2 atom stereocenters. The largest absolute Gasteiger partial charge is 0.448 e. The Morgan fingerprint density at radius 2 is 2.18 bits per heavy atom. The summed E-state index contributed by atoms with van der Waals surface area (Å²) in [7, 11) is 0. The zero-order chi connectivity index (χ0) is 12.5. The van der Waals surface area contributed by atoms with E-state index in [2.05, 4.69) is 20.9 Å². The van der Waals surface area contributed by atoms with Gasteiger partial charge in [0.2, 0.25) is 0 Å². The lowest BCUT2D eigenvalue weighted by atomic mass is 9.79. The third kappa shape index (κ3) is 2.84. The van der Waals surface area contributed by atoms with Gasteiger partial charge in [0.05, 0.1) is 11.6 Å². The Hall–Kier alpha value is -0.520. The Balaban J connectivity index is 2.12. The first-order valence-electron chi connectivity index (χ1n) is 5.57. The summed E-state index contributed by atoms with van der Waals surface area (Å²) in [5, 5.41) is 0.520. The number of rotatable bonds is 2. The van der Waals surface area contributed by atoms with Crippen LogP contribution in [0.5, 0.6) is 0 Å². The van der Waals surface area contributed by atoms with Crippen molar-refractivity contribution in [1.82, 2.24) is 4.98 Å². The van der Waals surface area contributed by atoms with E-state index >= 15 is 0 Å². The molecule has 0 bridgehead atoms. The zero-order valence-corrected chi connectivity index (χ0v) is 10.7. The molecule has 0 radical (unpaired) electrons. The van der Waals surface area contributed by atoms with Crippen LogP contribution >= 0.6 is 15.9 Å². The summed E-state index contributed by atoms with van der Waals surface area (Å²) in [5.41, 5.74) is 0.720. The van der Waals surface area contributed by atoms with Crippen LogP contribution in [0.4, 0.5) is 13.2 Å². The minimum absolute atomic E-state index is 0.124. The van der Waals surface area contributed by atoms with Crippen molar-refractivity contribution in [1.29, 1.82) is 0 Å². The standard InChI is InChI=1S/C11H13BrF3NO/c12-5-9-10(17-6-16-9)7-2-1-3-8(4-7)11(13,14)15/h6-8H,1-5H2. The van der Waals surface area contributed by atoms with Crippen LogP contribution in [0.2, 0.25) is 0 Å². The third-order valence-corrected chi connectivity index (χ3v) is 3.84. The highest BCUT2D eigenvalue weighted by atomic mass is 79.9. The zero-order valence-electron chi connectivity index (χ0n) is 9.13. The van der Waals surface area contributed by atoms with Crippen LogP contribution in [-0.4, -0.2) is 11.2 Å². The number of hydrogen-bond donors (Lipinski definition) is 0. The predicted molar refractivity (Wildman–Crippen MR) is 59.9 cm³/mol. The fourth-order valence-corrected chi connectivity index (χ4v) is 2.86. The van der Waals surface area contributed by atoms with Gasteiger partial charge in [0.25, 0.3) is 0 Å². The molecule has 6 heteroatoms. The van der Waals surface area contributed by atoms with Gasteiger partial charge in [0.1, 0.15) is 5.76 Å². The second kappa shape index (κ2) is 5.00. The molecule has 2 rings (SSSR count). The molecule has 0 spiro atoms. The molecule has 1 aromatic heterocycles. The number of aromatic nitrogens is 1. The molecule has 1 fully saturated rings. The predicted octanol–water partition coefficient (Wildman–Crippen LogP) is 4.41. The van der Waals surface area contributed by atoms with Crippen molar-refractivity contribution >= 4 is 15.9 Å². The first-order chi connectivity index (χ1) is 8.02. The Kier molecular flexibility index (Phi) is 3.80. The van der Waals surface area contributed by atoms with Crippen molar-refractivity contribution in [3.63, 3.8) is 0 Å². The molecule has 2 nitrogen and oxygen atoms in total. The molecule has 1 saturated carbocycles. The minimum Gasteiger partial charge on any atom is -0.448 e. The first kappa shape index (κ1) is 12.9. The second-order valence-electron chi connectivity index (χ2n) is 4.40. The molecule has 0 aliphatic heterocycles. The molecule has 0 aromatic carbocycles. The van der Waals surface area contributed by atoms with E-state index < -0.39 is 12.1 Å². The van der Waals surface area contributed by atoms with Crippen molar-refractivity contribution < 1.29 is 17.6 Å². The first-order valence-corrected chi connectivity index (χ1v) is 6.69. The van der Waals surface area contributed by atoms with E-state index in [0.717, 1.165) is 12.1 Å². The van der Waals surface area contributed by atoms with Crippen molar-refractivity contribution in [2.24, 2.45) is 5.92 Å². The Morgan fingerprint density at radius 3 is 2.82 bits per heavy atom. The summed E-state index contributed by atoms with van der Waals surface area (Å²) in [6.45, 7) is 0. The van der Waals surface area contributed by atoms with E-state index in [1.165, 1.54) is 6.39 Å². The summed E-state index contributed by atoms with van der Waals surface area (Å²) in [6, 6.07) is 0. The van der Waals surface area contributed by atoms with Gasteiger partial charge in [0.15, 0.2) is 6.39 Å². The quantitative estimate of drug-likeness (QED) is 0.756. The lowest BCUT2D eigenvalue weighted by molar-refractivity contribution is -0.183. The maximum atomic E-state index is 12.7. The molecular weight excluding hydrogens is 299 g/mol. The van der Waals surface area contributed by atoms with Crippen LogP contribution in [0, 0.1) is 5.92 Å². The summed E-state index contributed by atoms with van der Waals surface area (Å²) in [6.07, 6.45) is -1.08. The molecule has 1 aliphatic rings. The van der Waals surface area contributed by atoms with Crippen molar-refractivity contribution in [2.75, 3.05) is 0 Å². The molecule has 0 amide bonds. The molecule has 1 aliphatic carbocycles. The van der Waals surface area contributed by atoms with Crippen LogP contribution in [0.1, 0.15) is 43.1 Å². The van der Waals surface area contributed by atoms with Crippen molar-refractivity contribution in [3.05, 3.63) is 17.8 Å². The second-order valence-corrected chi connectivity index (χ2v) is 4.96.